The normalized spacial score (nSPS) is 45.8. The molecule has 4 saturated carbocycles. The molecule has 0 radical (unpaired) electrons. The fraction of sp³-hybridized carbons (Fsp3) is 0.703. The molecule has 0 aromatic heterocycles. The summed E-state index contributed by atoms with van der Waals surface area (Å²) in [7, 11) is 0. The Hall–Kier alpha value is -2.43. The van der Waals surface area contributed by atoms with Crippen molar-refractivity contribution < 1.29 is 24.2 Å². The van der Waals surface area contributed by atoms with E-state index in [0.717, 1.165) is 44.9 Å². The number of esters is 1. The van der Waals surface area contributed by atoms with Gasteiger partial charge in [-0.2, -0.15) is 0 Å². The van der Waals surface area contributed by atoms with E-state index < -0.39 is 11.4 Å². The molecule has 0 amide bonds. The second-order valence-electron chi connectivity index (χ2n) is 16.7. The quantitative estimate of drug-likeness (QED) is 0.368. The zero-order chi connectivity index (χ0) is 30.5. The Morgan fingerprint density at radius 1 is 0.857 bits per heavy atom. The zero-order valence-electron chi connectivity index (χ0n) is 26.7. The van der Waals surface area contributed by atoms with Gasteiger partial charge in [0, 0.05) is 11.3 Å². The molecular formula is C37H50O5. The topological polar surface area (TPSA) is 80.7 Å². The fourth-order valence-corrected chi connectivity index (χ4v) is 11.3. The van der Waals surface area contributed by atoms with Gasteiger partial charge in [0.25, 0.3) is 0 Å². The zero-order valence-corrected chi connectivity index (χ0v) is 26.7. The smallest absolute Gasteiger partial charge is 0.338 e. The Kier molecular flexibility index (Phi) is 6.55. The van der Waals surface area contributed by atoms with Crippen LogP contribution in [0, 0.1) is 50.2 Å². The van der Waals surface area contributed by atoms with E-state index in [-0.39, 0.29) is 62.7 Å². The molecule has 0 bridgehead atoms. The van der Waals surface area contributed by atoms with Crippen molar-refractivity contribution in [1.82, 2.24) is 0 Å². The van der Waals surface area contributed by atoms with Crippen LogP contribution in [-0.2, 0) is 14.3 Å². The highest BCUT2D eigenvalue weighted by Gasteiger charge is 2.70. The number of hydrogen-bond acceptors (Lipinski definition) is 4. The molecule has 1 aromatic carbocycles. The molecule has 0 unspecified atom stereocenters. The van der Waals surface area contributed by atoms with Crippen molar-refractivity contribution in [3.8, 4) is 0 Å². The van der Waals surface area contributed by atoms with Gasteiger partial charge >= 0.3 is 11.9 Å². The highest BCUT2D eigenvalue weighted by atomic mass is 16.5. The predicted octanol–water partition coefficient (Wildman–Crippen LogP) is 8.28. The third-order valence-corrected chi connectivity index (χ3v) is 14.3. The van der Waals surface area contributed by atoms with Crippen molar-refractivity contribution in [3.63, 3.8) is 0 Å². The molecule has 1 N–H and O–H groups in total. The molecule has 1 aromatic rings. The van der Waals surface area contributed by atoms with Crippen LogP contribution in [0.2, 0.25) is 0 Å². The van der Waals surface area contributed by atoms with E-state index in [1.807, 2.05) is 31.2 Å². The minimum atomic E-state index is -0.743. The maximum atomic E-state index is 14.5. The van der Waals surface area contributed by atoms with Gasteiger partial charge in [-0.3, -0.25) is 9.59 Å². The summed E-state index contributed by atoms with van der Waals surface area (Å²) in [6.45, 7) is 15.9. The number of ketones is 1. The SMILES string of the molecule is CC1(C)[C@@H](OC(=O)c2ccccc2)CC[C@]2(C)[C@H]3C(=O)C=C4[C@@H]5C[C@@](C)(C(=O)O)CC[C@]5(C)CC[C@@]4(C)[C@]3(C)CC[C@@H]12. The summed E-state index contributed by atoms with van der Waals surface area (Å²) in [5.74, 6) is -0.433. The summed E-state index contributed by atoms with van der Waals surface area (Å²) >= 11 is 0. The first-order valence-electron chi connectivity index (χ1n) is 16.3. The number of carbonyl (C=O) groups is 3. The molecule has 9 atom stereocenters. The molecule has 5 aliphatic rings. The van der Waals surface area contributed by atoms with Gasteiger partial charge in [-0.1, -0.05) is 65.3 Å². The number of carboxylic acid groups (broad SMARTS) is 1. The molecule has 0 heterocycles. The molecule has 0 aliphatic heterocycles. The van der Waals surface area contributed by atoms with E-state index in [4.69, 9.17) is 4.74 Å². The van der Waals surface area contributed by atoms with E-state index in [1.165, 1.54) is 5.57 Å². The molecule has 4 fully saturated rings. The Balaban J connectivity index is 1.35. The first kappa shape index (κ1) is 29.6. The number of carbonyl (C=O) groups excluding carboxylic acids is 2. The second-order valence-corrected chi connectivity index (χ2v) is 16.7. The lowest BCUT2D eigenvalue weighted by atomic mass is 9.33. The van der Waals surface area contributed by atoms with E-state index in [2.05, 4.69) is 41.5 Å². The Bertz CT molecular complexity index is 1340. The van der Waals surface area contributed by atoms with E-state index in [1.54, 1.807) is 12.1 Å². The molecule has 6 rings (SSSR count). The molecule has 5 aliphatic carbocycles. The Morgan fingerprint density at radius 2 is 1.52 bits per heavy atom. The maximum absolute atomic E-state index is 14.5. The first-order chi connectivity index (χ1) is 19.5. The lowest BCUT2D eigenvalue weighted by Crippen LogP contribution is -2.66. The van der Waals surface area contributed by atoms with Crippen molar-refractivity contribution in [1.29, 1.82) is 0 Å². The van der Waals surface area contributed by atoms with Gasteiger partial charge in [0.05, 0.1) is 11.0 Å². The third-order valence-electron chi connectivity index (χ3n) is 14.3. The van der Waals surface area contributed by atoms with Crippen molar-refractivity contribution >= 4 is 17.7 Å². The first-order valence-corrected chi connectivity index (χ1v) is 16.3. The summed E-state index contributed by atoms with van der Waals surface area (Å²) in [5.41, 5.74) is 0.346. The van der Waals surface area contributed by atoms with Gasteiger partial charge in [0.2, 0.25) is 0 Å². The standard InChI is InChI=1S/C37H50O5/c1-32(2)27-13-16-37(7)29(35(27,5)15-14-28(32)42-30(39)23-11-9-8-10-12-23)26(38)21-24-25-22-34(4,31(40)41)18-17-33(25,3)19-20-36(24,37)6/h8-12,21,25,27-29H,13-20,22H2,1-7H3,(H,40,41)/t25-,27-,28-,29+,33+,34-,35-,36+,37+/m0/s1. The molecule has 0 spiro atoms. The average molecular weight is 575 g/mol. The van der Waals surface area contributed by atoms with E-state index in [0.29, 0.717) is 18.4 Å². The van der Waals surface area contributed by atoms with Crippen molar-refractivity contribution in [2.75, 3.05) is 0 Å². The molecule has 5 heteroatoms. The van der Waals surface area contributed by atoms with Crippen LogP contribution in [0.3, 0.4) is 0 Å². The lowest BCUT2D eigenvalue weighted by Gasteiger charge is -2.70. The van der Waals surface area contributed by atoms with Crippen LogP contribution >= 0.6 is 0 Å². The summed E-state index contributed by atoms with van der Waals surface area (Å²) in [6, 6.07) is 9.24. The van der Waals surface area contributed by atoms with Crippen LogP contribution in [0.4, 0.5) is 0 Å². The Morgan fingerprint density at radius 3 is 2.19 bits per heavy atom. The summed E-state index contributed by atoms with van der Waals surface area (Å²) in [4.78, 5) is 40.0. The van der Waals surface area contributed by atoms with Crippen molar-refractivity contribution in [2.45, 2.75) is 112 Å². The number of benzene rings is 1. The molecular weight excluding hydrogens is 524 g/mol. The lowest BCUT2D eigenvalue weighted by molar-refractivity contribution is -0.202. The maximum Gasteiger partial charge on any atom is 0.338 e. The van der Waals surface area contributed by atoms with Crippen LogP contribution in [-0.4, -0.2) is 28.9 Å². The van der Waals surface area contributed by atoms with Gasteiger partial charge in [0.1, 0.15) is 6.10 Å². The van der Waals surface area contributed by atoms with Crippen LogP contribution in [0.1, 0.15) is 117 Å². The highest BCUT2D eigenvalue weighted by Crippen LogP contribution is 2.75. The molecule has 0 saturated heterocycles. The average Bonchev–Trinajstić information content (AvgIpc) is 2.92. The number of aliphatic carboxylic acids is 1. The van der Waals surface area contributed by atoms with E-state index >= 15 is 0 Å². The number of rotatable bonds is 3. The van der Waals surface area contributed by atoms with Crippen LogP contribution in [0.25, 0.3) is 0 Å². The highest BCUT2D eigenvalue weighted by molar-refractivity contribution is 5.96. The number of ether oxygens (including phenoxy) is 1. The van der Waals surface area contributed by atoms with E-state index in [9.17, 15) is 19.5 Å². The molecule has 228 valence electrons. The van der Waals surface area contributed by atoms with Gasteiger partial charge in [-0.05, 0) is 116 Å². The Labute approximate surface area is 251 Å². The van der Waals surface area contributed by atoms with Gasteiger partial charge in [-0.15, -0.1) is 0 Å². The van der Waals surface area contributed by atoms with Crippen LogP contribution < -0.4 is 0 Å². The molecule has 42 heavy (non-hydrogen) atoms. The minimum Gasteiger partial charge on any atom is -0.481 e. The van der Waals surface area contributed by atoms with Crippen LogP contribution in [0.15, 0.2) is 42.0 Å². The number of fused-ring (bicyclic) bond motifs is 7. The fourth-order valence-electron chi connectivity index (χ4n) is 11.3. The summed E-state index contributed by atoms with van der Waals surface area (Å²) in [6.07, 6.45) is 9.76. The molecule has 5 nitrogen and oxygen atoms in total. The predicted molar refractivity (Wildman–Crippen MR) is 163 cm³/mol. The second kappa shape index (κ2) is 9.29. The van der Waals surface area contributed by atoms with Crippen LogP contribution in [0.5, 0.6) is 0 Å². The van der Waals surface area contributed by atoms with Gasteiger partial charge in [-0.25, -0.2) is 4.79 Å². The minimum absolute atomic E-state index is 0.0492. The van der Waals surface area contributed by atoms with Gasteiger partial charge < -0.3 is 9.84 Å². The summed E-state index contributed by atoms with van der Waals surface area (Å²) < 4.78 is 6.21. The number of carboxylic acids is 1. The largest absolute Gasteiger partial charge is 0.481 e. The van der Waals surface area contributed by atoms with Crippen molar-refractivity contribution in [2.24, 2.45) is 50.2 Å². The third kappa shape index (κ3) is 3.90. The monoisotopic (exact) mass is 574 g/mol. The van der Waals surface area contributed by atoms with Gasteiger partial charge in [0.15, 0.2) is 5.78 Å². The summed E-state index contributed by atoms with van der Waals surface area (Å²) in [5, 5.41) is 10.2. The number of allylic oxidation sites excluding steroid dienone is 2. The van der Waals surface area contributed by atoms with Crippen molar-refractivity contribution in [3.05, 3.63) is 47.5 Å². The number of hydrogen-bond donors (Lipinski definition) is 1.